The topological polar surface area (TPSA) is 77.2 Å². The molecule has 0 unspecified atom stereocenters. The molecule has 2 rings (SSSR count). The van der Waals surface area contributed by atoms with Crippen molar-refractivity contribution in [1.29, 1.82) is 0 Å². The number of nitrogen functional groups attached to an aromatic ring is 1. The maximum Gasteiger partial charge on any atom is 0.340 e. The lowest BCUT2D eigenvalue weighted by Crippen LogP contribution is -2.10. The van der Waals surface area contributed by atoms with Crippen LogP contribution in [0, 0.1) is 0 Å². The quantitative estimate of drug-likeness (QED) is 0.819. The van der Waals surface area contributed by atoms with Crippen LogP contribution in [0.1, 0.15) is 15.9 Å². The number of rotatable bonds is 5. The molecule has 0 aliphatic heterocycles. The Labute approximate surface area is 115 Å². The second kappa shape index (κ2) is 6.19. The number of nitrogens with one attached hydrogen (secondary N) is 1. The van der Waals surface area contributed by atoms with Crippen molar-refractivity contribution in [3.05, 3.63) is 40.2 Å². The minimum Gasteiger partial charge on any atom is -0.465 e. The molecule has 3 N–H and O–H groups in total. The summed E-state index contributed by atoms with van der Waals surface area (Å²) in [5.41, 5.74) is 7.61. The van der Waals surface area contributed by atoms with Crippen LogP contribution >= 0.6 is 11.3 Å². The Hall–Kier alpha value is -2.08. The molecule has 0 aromatic carbocycles. The van der Waals surface area contributed by atoms with Crippen LogP contribution in [0.3, 0.4) is 0 Å². The minimum atomic E-state index is -0.458. The molecule has 0 amide bonds. The van der Waals surface area contributed by atoms with Crippen LogP contribution < -0.4 is 11.1 Å². The van der Waals surface area contributed by atoms with Crippen LogP contribution in [0.5, 0.6) is 0 Å². The molecule has 0 bridgehead atoms. The van der Waals surface area contributed by atoms with Crippen LogP contribution in [0.25, 0.3) is 0 Å². The van der Waals surface area contributed by atoms with E-state index in [2.05, 4.69) is 26.5 Å². The zero-order chi connectivity index (χ0) is 13.7. The molecule has 2 aromatic rings. The van der Waals surface area contributed by atoms with E-state index < -0.39 is 5.97 Å². The maximum absolute atomic E-state index is 11.5. The lowest BCUT2D eigenvalue weighted by atomic mass is 10.2. The van der Waals surface area contributed by atoms with E-state index in [-0.39, 0.29) is 0 Å². The molecule has 0 aliphatic carbocycles. The summed E-state index contributed by atoms with van der Waals surface area (Å²) in [5.74, 6) is 0.158. The van der Waals surface area contributed by atoms with Gasteiger partial charge in [-0.1, -0.05) is 0 Å². The molecule has 0 spiro atoms. The summed E-state index contributed by atoms with van der Waals surface area (Å²) in [7, 11) is 1.33. The molecule has 2 heterocycles. The molecule has 0 aliphatic rings. The summed E-state index contributed by atoms with van der Waals surface area (Å²) in [5, 5.41) is 7.32. The van der Waals surface area contributed by atoms with Crippen molar-refractivity contribution >= 4 is 28.8 Å². The van der Waals surface area contributed by atoms with E-state index in [1.807, 2.05) is 5.38 Å². The Bertz CT molecular complexity index is 555. The molecule has 2 aromatic heterocycles. The first-order chi connectivity index (χ1) is 9.20. The lowest BCUT2D eigenvalue weighted by molar-refractivity contribution is 0.0602. The van der Waals surface area contributed by atoms with Crippen LogP contribution in [-0.4, -0.2) is 24.6 Å². The minimum absolute atomic E-state index is 0.315. The molecular weight excluding hydrogens is 262 g/mol. The first-order valence-electron chi connectivity index (χ1n) is 5.79. The molecule has 0 saturated heterocycles. The smallest absolute Gasteiger partial charge is 0.340 e. The number of nitrogens with zero attached hydrogens (tertiary/aromatic N) is 1. The van der Waals surface area contributed by atoms with Gasteiger partial charge >= 0.3 is 5.97 Å². The number of carbonyl (C=O) groups excluding carboxylic acids is 1. The third-order valence-corrected chi connectivity index (χ3v) is 3.37. The predicted octanol–water partition coefficient (Wildman–Crippen LogP) is 2.17. The normalized spacial score (nSPS) is 10.2. The third kappa shape index (κ3) is 3.45. The zero-order valence-electron chi connectivity index (χ0n) is 10.6. The van der Waals surface area contributed by atoms with Crippen molar-refractivity contribution in [1.82, 2.24) is 4.98 Å². The first kappa shape index (κ1) is 13.4. The first-order valence-corrected chi connectivity index (χ1v) is 6.74. The Morgan fingerprint density at radius 1 is 1.58 bits per heavy atom. The Kier molecular flexibility index (Phi) is 4.35. The third-order valence-electron chi connectivity index (χ3n) is 2.64. The molecule has 0 fully saturated rings. The van der Waals surface area contributed by atoms with E-state index in [4.69, 9.17) is 5.73 Å². The van der Waals surface area contributed by atoms with Crippen molar-refractivity contribution in [3.63, 3.8) is 0 Å². The number of methoxy groups -OCH3 is 1. The Morgan fingerprint density at radius 2 is 2.42 bits per heavy atom. The Morgan fingerprint density at radius 3 is 3.11 bits per heavy atom. The van der Waals surface area contributed by atoms with Gasteiger partial charge in [0.25, 0.3) is 0 Å². The van der Waals surface area contributed by atoms with Gasteiger partial charge in [-0.2, -0.15) is 11.3 Å². The van der Waals surface area contributed by atoms with Gasteiger partial charge in [0.05, 0.1) is 24.6 Å². The van der Waals surface area contributed by atoms with Crippen molar-refractivity contribution in [2.24, 2.45) is 0 Å². The molecule has 6 heteroatoms. The van der Waals surface area contributed by atoms with E-state index in [1.165, 1.54) is 18.9 Å². The fraction of sp³-hybridized carbons (Fsp3) is 0.231. The lowest BCUT2D eigenvalue weighted by Gasteiger charge is -2.08. The number of ether oxygens (including phenoxy) is 1. The summed E-state index contributed by atoms with van der Waals surface area (Å²) in [6.45, 7) is 0.744. The SMILES string of the molecule is COC(=O)c1cc(NCCc2ccsc2)ncc1N. The number of aromatic nitrogens is 1. The summed E-state index contributed by atoms with van der Waals surface area (Å²) < 4.78 is 4.66. The summed E-state index contributed by atoms with van der Waals surface area (Å²) in [6, 6.07) is 3.69. The zero-order valence-corrected chi connectivity index (χ0v) is 11.4. The monoisotopic (exact) mass is 277 g/mol. The fourth-order valence-electron chi connectivity index (χ4n) is 1.62. The summed E-state index contributed by atoms with van der Waals surface area (Å²) in [6.07, 6.45) is 2.36. The number of nitrogens with two attached hydrogens (primary N) is 1. The predicted molar refractivity (Wildman–Crippen MR) is 76.5 cm³/mol. The highest BCUT2D eigenvalue weighted by Gasteiger charge is 2.11. The van der Waals surface area contributed by atoms with E-state index in [9.17, 15) is 4.79 Å². The number of carbonyl (C=O) groups is 1. The molecule has 0 radical (unpaired) electrons. The molecule has 100 valence electrons. The highest BCUT2D eigenvalue weighted by molar-refractivity contribution is 7.07. The van der Waals surface area contributed by atoms with Gasteiger partial charge < -0.3 is 15.8 Å². The number of hydrogen-bond donors (Lipinski definition) is 2. The van der Waals surface area contributed by atoms with Gasteiger partial charge in [0.15, 0.2) is 0 Å². The van der Waals surface area contributed by atoms with Crippen LogP contribution in [-0.2, 0) is 11.2 Å². The van der Waals surface area contributed by atoms with Gasteiger partial charge in [0.1, 0.15) is 5.82 Å². The van der Waals surface area contributed by atoms with Gasteiger partial charge in [0.2, 0.25) is 0 Å². The number of hydrogen-bond acceptors (Lipinski definition) is 6. The average Bonchev–Trinajstić information content (AvgIpc) is 2.93. The number of thiophene rings is 1. The van der Waals surface area contributed by atoms with Gasteiger partial charge in [0, 0.05) is 6.54 Å². The summed E-state index contributed by atoms with van der Waals surface area (Å²) in [4.78, 5) is 15.6. The fourth-order valence-corrected chi connectivity index (χ4v) is 2.32. The molecule has 19 heavy (non-hydrogen) atoms. The second-order valence-electron chi connectivity index (χ2n) is 3.96. The van der Waals surface area contributed by atoms with E-state index in [0.717, 1.165) is 13.0 Å². The summed E-state index contributed by atoms with van der Waals surface area (Å²) >= 11 is 1.68. The van der Waals surface area contributed by atoms with Crippen LogP contribution in [0.15, 0.2) is 29.1 Å². The van der Waals surface area contributed by atoms with Crippen molar-refractivity contribution in [3.8, 4) is 0 Å². The maximum atomic E-state index is 11.5. The van der Waals surface area contributed by atoms with Gasteiger partial charge in [-0.05, 0) is 34.9 Å². The van der Waals surface area contributed by atoms with Gasteiger partial charge in [-0.3, -0.25) is 0 Å². The van der Waals surface area contributed by atoms with Gasteiger partial charge in [-0.25, -0.2) is 9.78 Å². The highest BCUT2D eigenvalue weighted by Crippen LogP contribution is 2.16. The van der Waals surface area contributed by atoms with Crippen LogP contribution in [0.2, 0.25) is 0 Å². The average molecular weight is 277 g/mol. The molecule has 0 saturated carbocycles. The Balaban J connectivity index is 1.99. The van der Waals surface area contributed by atoms with Crippen molar-refractivity contribution in [2.45, 2.75) is 6.42 Å². The van der Waals surface area contributed by atoms with Crippen LogP contribution in [0.4, 0.5) is 11.5 Å². The van der Waals surface area contributed by atoms with Gasteiger partial charge in [-0.15, -0.1) is 0 Å². The largest absolute Gasteiger partial charge is 0.465 e. The second-order valence-corrected chi connectivity index (χ2v) is 4.74. The van der Waals surface area contributed by atoms with E-state index in [0.29, 0.717) is 17.1 Å². The number of pyridine rings is 1. The number of anilines is 2. The van der Waals surface area contributed by atoms with E-state index in [1.54, 1.807) is 17.4 Å². The van der Waals surface area contributed by atoms with Crippen molar-refractivity contribution in [2.75, 3.05) is 24.7 Å². The number of esters is 1. The van der Waals surface area contributed by atoms with Crippen molar-refractivity contribution < 1.29 is 9.53 Å². The molecule has 5 nitrogen and oxygen atoms in total. The standard InChI is InChI=1S/C13H15N3O2S/c1-18-13(17)10-6-12(16-7-11(10)14)15-4-2-9-3-5-19-8-9/h3,5-8H,2,4,14H2,1H3,(H,15,16). The molecule has 0 atom stereocenters. The van der Waals surface area contributed by atoms with E-state index >= 15 is 0 Å². The molecular formula is C13H15N3O2S. The highest BCUT2D eigenvalue weighted by atomic mass is 32.1.